The van der Waals surface area contributed by atoms with Crippen molar-refractivity contribution in [1.82, 2.24) is 5.32 Å². The fourth-order valence-electron chi connectivity index (χ4n) is 4.02. The van der Waals surface area contributed by atoms with E-state index in [1.54, 1.807) is 30.4 Å². The topological polar surface area (TPSA) is 63.2 Å². The van der Waals surface area contributed by atoms with Crippen molar-refractivity contribution in [3.63, 3.8) is 0 Å². The summed E-state index contributed by atoms with van der Waals surface area (Å²) in [5, 5.41) is 6.12. The monoisotopic (exact) mass is 513 g/mol. The third-order valence-electron chi connectivity index (χ3n) is 5.70. The fraction of sp³-hybridized carbons (Fsp3) is 0.219. The standard InChI is InChI=1S/C17H22O.C10H7NOS.C5H6O/c1-5-7-11-15(9-6-2)17-13(3)10-8-12-16(17)14(4)18;12-10-7-2-1-3-8-9(7)6(4-11-10)5-13-8;1-2-3-4-5-6/h6,8,10-12H,2,5,7,9H2,1,3-4H3;1-3,5H,4H2,(H,11,12);2-5H,1H2/b15-11-;;4-3+. The van der Waals surface area contributed by atoms with Crippen LogP contribution in [0.15, 0.2) is 85.3 Å². The lowest BCUT2D eigenvalue weighted by molar-refractivity contribution is -0.104. The summed E-state index contributed by atoms with van der Waals surface area (Å²) in [4.78, 5) is 32.6. The number of carbonyl (C=O) groups is 3. The van der Waals surface area contributed by atoms with E-state index in [-0.39, 0.29) is 11.7 Å². The molecule has 0 spiro atoms. The number of allylic oxidation sites excluding steroid dienone is 6. The SMILES string of the molecule is C=C/C=C/C=O.C=CC/C(=C/CCC)c1c(C)cccc1C(C)=O.O=C1NCc2csc3cccc1c23. The van der Waals surface area contributed by atoms with E-state index in [9.17, 15) is 14.4 Å². The van der Waals surface area contributed by atoms with Crippen LogP contribution in [0, 0.1) is 6.92 Å². The van der Waals surface area contributed by atoms with Crippen LogP contribution in [-0.2, 0) is 11.3 Å². The van der Waals surface area contributed by atoms with Crippen molar-refractivity contribution in [2.24, 2.45) is 0 Å². The van der Waals surface area contributed by atoms with Crippen LogP contribution in [0.4, 0.5) is 0 Å². The van der Waals surface area contributed by atoms with Gasteiger partial charge in [0.25, 0.3) is 5.91 Å². The van der Waals surface area contributed by atoms with Gasteiger partial charge >= 0.3 is 0 Å². The number of Topliss-reactive ketones (excluding diaryl/α,β-unsaturated/α-hetero) is 1. The van der Waals surface area contributed by atoms with Crippen LogP contribution < -0.4 is 5.32 Å². The second-order valence-corrected chi connectivity index (χ2v) is 9.35. The Hall–Kier alpha value is -3.83. The number of aldehydes is 1. The van der Waals surface area contributed by atoms with Crippen molar-refractivity contribution in [1.29, 1.82) is 0 Å². The van der Waals surface area contributed by atoms with Gasteiger partial charge in [-0.1, -0.05) is 68.5 Å². The molecule has 2 heterocycles. The Morgan fingerprint density at radius 3 is 2.51 bits per heavy atom. The van der Waals surface area contributed by atoms with Crippen molar-refractivity contribution in [3.8, 4) is 0 Å². The first kappa shape index (κ1) is 29.4. The van der Waals surface area contributed by atoms with Crippen LogP contribution in [0.1, 0.15) is 70.5 Å². The summed E-state index contributed by atoms with van der Waals surface area (Å²) in [6, 6.07) is 11.8. The van der Waals surface area contributed by atoms with E-state index in [0.29, 0.717) is 12.8 Å². The Balaban J connectivity index is 0.000000220. The largest absolute Gasteiger partial charge is 0.348 e. The zero-order chi connectivity index (χ0) is 27.2. The maximum atomic E-state index is 11.7. The van der Waals surface area contributed by atoms with Gasteiger partial charge in [-0.15, -0.1) is 17.9 Å². The number of benzene rings is 2. The minimum atomic E-state index is 0.0523. The Bertz CT molecular complexity index is 1320. The molecule has 4 rings (SSSR count). The van der Waals surface area contributed by atoms with Crippen LogP contribution in [0.2, 0.25) is 0 Å². The molecule has 1 N–H and O–H groups in total. The van der Waals surface area contributed by atoms with Crippen LogP contribution in [0.25, 0.3) is 15.7 Å². The quantitative estimate of drug-likeness (QED) is 0.109. The third kappa shape index (κ3) is 8.09. The normalized spacial score (nSPS) is 12.1. The molecule has 5 heteroatoms. The molecule has 0 radical (unpaired) electrons. The number of rotatable bonds is 8. The summed E-state index contributed by atoms with van der Waals surface area (Å²) in [6.45, 7) is 13.7. The molecule has 192 valence electrons. The lowest BCUT2D eigenvalue weighted by atomic mass is 9.90. The fourth-order valence-corrected chi connectivity index (χ4v) is 5.00. The zero-order valence-corrected chi connectivity index (χ0v) is 22.7. The maximum absolute atomic E-state index is 11.7. The molecule has 3 aromatic rings. The summed E-state index contributed by atoms with van der Waals surface area (Å²) >= 11 is 1.70. The van der Waals surface area contributed by atoms with Gasteiger partial charge in [-0.05, 0) is 72.5 Å². The van der Waals surface area contributed by atoms with Crippen molar-refractivity contribution in [3.05, 3.63) is 113 Å². The molecule has 37 heavy (non-hydrogen) atoms. The molecule has 4 nitrogen and oxygen atoms in total. The number of aryl methyl sites for hydroxylation is 1. The molecule has 0 bridgehead atoms. The molecule has 1 aliphatic rings. The van der Waals surface area contributed by atoms with Gasteiger partial charge in [0.2, 0.25) is 0 Å². The molecule has 0 saturated heterocycles. The van der Waals surface area contributed by atoms with E-state index in [4.69, 9.17) is 0 Å². The van der Waals surface area contributed by atoms with Gasteiger partial charge in [-0.25, -0.2) is 0 Å². The number of hydrogen-bond donors (Lipinski definition) is 1. The van der Waals surface area contributed by atoms with Gasteiger partial charge in [0.05, 0.1) is 0 Å². The first-order chi connectivity index (χ1) is 17.9. The minimum Gasteiger partial charge on any atom is -0.348 e. The lowest BCUT2D eigenvalue weighted by Crippen LogP contribution is -2.26. The Kier molecular flexibility index (Phi) is 12.2. The molecule has 0 fully saturated rings. The number of thiophene rings is 1. The number of nitrogens with one attached hydrogen (secondary N) is 1. The summed E-state index contributed by atoms with van der Waals surface area (Å²) < 4.78 is 1.21. The van der Waals surface area contributed by atoms with Crippen molar-refractivity contribution < 1.29 is 14.4 Å². The molecule has 2 aromatic carbocycles. The second-order valence-electron chi connectivity index (χ2n) is 8.44. The average Bonchev–Trinajstić information content (AvgIpc) is 3.32. The summed E-state index contributed by atoms with van der Waals surface area (Å²) in [5.41, 5.74) is 6.36. The van der Waals surface area contributed by atoms with E-state index in [1.807, 2.05) is 30.3 Å². The highest BCUT2D eigenvalue weighted by atomic mass is 32.1. The Morgan fingerprint density at radius 2 is 1.89 bits per heavy atom. The van der Waals surface area contributed by atoms with Crippen LogP contribution in [0.5, 0.6) is 0 Å². The maximum Gasteiger partial charge on any atom is 0.252 e. The number of ketones is 1. The van der Waals surface area contributed by atoms with E-state index < -0.39 is 0 Å². The van der Waals surface area contributed by atoms with Crippen LogP contribution in [-0.4, -0.2) is 18.0 Å². The van der Waals surface area contributed by atoms with E-state index in [1.165, 1.54) is 21.9 Å². The highest BCUT2D eigenvalue weighted by Gasteiger charge is 2.19. The first-order valence-corrected chi connectivity index (χ1v) is 13.2. The zero-order valence-electron chi connectivity index (χ0n) is 21.9. The van der Waals surface area contributed by atoms with Gasteiger partial charge in [0, 0.05) is 27.8 Å². The molecule has 0 atom stereocenters. The highest BCUT2D eigenvalue weighted by Crippen LogP contribution is 2.31. The smallest absolute Gasteiger partial charge is 0.252 e. The predicted molar refractivity (Wildman–Crippen MR) is 157 cm³/mol. The van der Waals surface area contributed by atoms with E-state index in [2.05, 4.69) is 55.9 Å². The highest BCUT2D eigenvalue weighted by molar-refractivity contribution is 7.17. The van der Waals surface area contributed by atoms with Crippen molar-refractivity contribution >= 4 is 45.0 Å². The summed E-state index contributed by atoms with van der Waals surface area (Å²) in [5.74, 6) is 0.177. The number of unbranched alkanes of at least 4 members (excludes halogenated alkanes) is 1. The number of carbonyl (C=O) groups excluding carboxylic acids is 3. The van der Waals surface area contributed by atoms with Crippen molar-refractivity contribution in [2.75, 3.05) is 0 Å². The third-order valence-corrected chi connectivity index (χ3v) is 6.70. The summed E-state index contributed by atoms with van der Waals surface area (Å²) in [7, 11) is 0. The van der Waals surface area contributed by atoms with Gasteiger partial charge in [0.1, 0.15) is 6.29 Å². The van der Waals surface area contributed by atoms with Crippen LogP contribution in [0.3, 0.4) is 0 Å². The first-order valence-electron chi connectivity index (χ1n) is 12.3. The molecule has 0 unspecified atom stereocenters. The predicted octanol–water partition coefficient (Wildman–Crippen LogP) is 8.03. The molecular formula is C32H35NO3S. The Morgan fingerprint density at radius 1 is 1.14 bits per heavy atom. The number of amides is 1. The Labute approximate surface area is 224 Å². The van der Waals surface area contributed by atoms with Gasteiger partial charge < -0.3 is 5.32 Å². The summed E-state index contributed by atoms with van der Waals surface area (Å²) in [6.07, 6.45) is 12.3. The van der Waals surface area contributed by atoms with E-state index in [0.717, 1.165) is 46.9 Å². The molecule has 0 saturated carbocycles. The van der Waals surface area contributed by atoms with Crippen molar-refractivity contribution in [2.45, 2.75) is 46.6 Å². The second kappa shape index (κ2) is 15.3. The van der Waals surface area contributed by atoms with E-state index >= 15 is 0 Å². The number of hydrogen-bond acceptors (Lipinski definition) is 4. The van der Waals surface area contributed by atoms with Gasteiger partial charge in [-0.2, -0.15) is 0 Å². The molecule has 0 aliphatic carbocycles. The molecule has 1 aliphatic heterocycles. The van der Waals surface area contributed by atoms with Crippen LogP contribution >= 0.6 is 11.3 Å². The molecule has 1 aromatic heterocycles. The molecular weight excluding hydrogens is 478 g/mol. The van der Waals surface area contributed by atoms with Gasteiger partial charge in [-0.3, -0.25) is 14.4 Å². The average molecular weight is 514 g/mol. The lowest BCUT2D eigenvalue weighted by Gasteiger charge is -2.13. The van der Waals surface area contributed by atoms with Gasteiger partial charge in [0.15, 0.2) is 5.78 Å². The molecule has 1 amide bonds. The minimum absolute atomic E-state index is 0.0523.